The van der Waals surface area contributed by atoms with Crippen molar-refractivity contribution in [2.45, 2.75) is 12.8 Å². The summed E-state index contributed by atoms with van der Waals surface area (Å²) < 4.78 is 0. The van der Waals surface area contributed by atoms with Gasteiger partial charge in [-0.2, -0.15) is 0 Å². The summed E-state index contributed by atoms with van der Waals surface area (Å²) in [7, 11) is 2.18. The molecule has 2 aliphatic rings. The number of likely N-dealkylation sites (N-methyl/N-ethyl adjacent to an activating group) is 1. The number of carbonyl (C=O) groups excluding carboxylic acids is 1. The van der Waals surface area contributed by atoms with E-state index >= 15 is 0 Å². The van der Waals surface area contributed by atoms with Crippen molar-refractivity contribution in [1.82, 2.24) is 19.7 Å². The second kappa shape index (κ2) is 7.60. The van der Waals surface area contributed by atoms with Gasteiger partial charge in [-0.3, -0.25) is 9.78 Å². The maximum absolute atomic E-state index is 12.6. The van der Waals surface area contributed by atoms with E-state index in [9.17, 15) is 4.79 Å². The average molecular weight is 337 g/mol. The molecule has 0 bridgehead atoms. The van der Waals surface area contributed by atoms with Gasteiger partial charge in [0.15, 0.2) is 0 Å². The smallest absolute Gasteiger partial charge is 0.255 e. The van der Waals surface area contributed by atoms with Crippen LogP contribution in [0.5, 0.6) is 0 Å². The van der Waals surface area contributed by atoms with E-state index in [1.165, 1.54) is 6.42 Å². The van der Waals surface area contributed by atoms with Crippen molar-refractivity contribution in [3.8, 4) is 0 Å². The largest absolute Gasteiger partial charge is 0.338 e. The summed E-state index contributed by atoms with van der Waals surface area (Å²) in [5.74, 6) is 0.631. The molecular weight excluding hydrogens is 312 g/mol. The third kappa shape index (κ3) is 4.43. The lowest BCUT2D eigenvalue weighted by molar-refractivity contribution is 0.0609. The number of likely N-dealkylation sites (tertiary alicyclic amines) is 1. The molecule has 0 N–H and O–H groups in total. The van der Waals surface area contributed by atoms with Crippen LogP contribution in [0.2, 0.25) is 5.02 Å². The van der Waals surface area contributed by atoms with Crippen LogP contribution >= 0.6 is 11.6 Å². The number of nitrogens with zero attached hydrogens (tertiary/aromatic N) is 4. The fourth-order valence-electron chi connectivity index (χ4n) is 3.51. The van der Waals surface area contributed by atoms with Crippen LogP contribution in [0, 0.1) is 5.92 Å². The van der Waals surface area contributed by atoms with E-state index < -0.39 is 0 Å². The van der Waals surface area contributed by atoms with Crippen molar-refractivity contribution in [2.75, 3.05) is 52.9 Å². The molecule has 0 radical (unpaired) electrons. The predicted molar refractivity (Wildman–Crippen MR) is 91.8 cm³/mol. The molecule has 3 rings (SSSR count). The van der Waals surface area contributed by atoms with Gasteiger partial charge < -0.3 is 14.7 Å². The number of rotatable bonds is 3. The van der Waals surface area contributed by atoms with Gasteiger partial charge in [0.2, 0.25) is 0 Å². The molecule has 0 aliphatic carbocycles. The van der Waals surface area contributed by atoms with E-state index in [1.54, 1.807) is 18.5 Å². The lowest BCUT2D eigenvalue weighted by Crippen LogP contribution is -2.49. The highest BCUT2D eigenvalue weighted by Crippen LogP contribution is 2.21. The molecule has 0 unspecified atom stereocenters. The molecule has 3 heterocycles. The average Bonchev–Trinajstić information content (AvgIpc) is 2.56. The quantitative estimate of drug-likeness (QED) is 0.844. The summed E-state index contributed by atoms with van der Waals surface area (Å²) in [5.41, 5.74) is 0.595. The van der Waals surface area contributed by atoms with Crippen molar-refractivity contribution >= 4 is 17.5 Å². The minimum absolute atomic E-state index is 0.0584. The van der Waals surface area contributed by atoms with Gasteiger partial charge in [0.05, 0.1) is 10.6 Å². The van der Waals surface area contributed by atoms with Crippen LogP contribution in [0.4, 0.5) is 0 Å². The lowest BCUT2D eigenvalue weighted by Gasteiger charge is -2.38. The van der Waals surface area contributed by atoms with Crippen LogP contribution in [0.3, 0.4) is 0 Å². The monoisotopic (exact) mass is 336 g/mol. The van der Waals surface area contributed by atoms with Crippen LogP contribution in [-0.2, 0) is 0 Å². The van der Waals surface area contributed by atoms with E-state index in [-0.39, 0.29) is 5.91 Å². The van der Waals surface area contributed by atoms with Crippen molar-refractivity contribution in [3.05, 3.63) is 29.0 Å². The van der Waals surface area contributed by atoms with E-state index in [1.807, 2.05) is 4.90 Å². The van der Waals surface area contributed by atoms with Gasteiger partial charge in [0, 0.05) is 58.2 Å². The molecule has 0 aromatic carbocycles. The van der Waals surface area contributed by atoms with Gasteiger partial charge in [0.1, 0.15) is 0 Å². The number of piperidine rings is 1. The number of halogens is 1. The van der Waals surface area contributed by atoms with Gasteiger partial charge in [-0.15, -0.1) is 0 Å². The highest BCUT2D eigenvalue weighted by atomic mass is 35.5. The maximum atomic E-state index is 12.6. The van der Waals surface area contributed by atoms with Crippen molar-refractivity contribution < 1.29 is 4.79 Å². The van der Waals surface area contributed by atoms with Crippen LogP contribution in [-0.4, -0.2) is 78.5 Å². The zero-order valence-corrected chi connectivity index (χ0v) is 14.5. The molecular formula is C17H25ClN4O. The first-order valence-corrected chi connectivity index (χ1v) is 8.80. The molecule has 1 amide bonds. The molecule has 2 aliphatic heterocycles. The zero-order chi connectivity index (χ0) is 16.2. The molecule has 126 valence electrons. The summed E-state index contributed by atoms with van der Waals surface area (Å²) in [4.78, 5) is 23.6. The minimum atomic E-state index is 0.0584. The first-order valence-electron chi connectivity index (χ1n) is 8.42. The summed E-state index contributed by atoms with van der Waals surface area (Å²) in [5, 5.41) is 0.516. The number of hydrogen-bond donors (Lipinski definition) is 0. The molecule has 6 heteroatoms. The number of pyridine rings is 1. The zero-order valence-electron chi connectivity index (χ0n) is 13.7. The number of hydrogen-bond acceptors (Lipinski definition) is 4. The second-order valence-corrected chi connectivity index (χ2v) is 7.19. The van der Waals surface area contributed by atoms with Gasteiger partial charge in [-0.05, 0) is 31.9 Å². The van der Waals surface area contributed by atoms with Gasteiger partial charge in [0.25, 0.3) is 5.91 Å². The molecule has 2 fully saturated rings. The predicted octanol–water partition coefficient (Wildman–Crippen LogP) is 1.83. The van der Waals surface area contributed by atoms with Crippen LogP contribution in [0.25, 0.3) is 0 Å². The summed E-state index contributed by atoms with van der Waals surface area (Å²) in [6, 6.07) is 1.71. The molecule has 0 spiro atoms. The van der Waals surface area contributed by atoms with E-state index in [0.717, 1.165) is 52.2 Å². The van der Waals surface area contributed by atoms with Gasteiger partial charge >= 0.3 is 0 Å². The Kier molecular flexibility index (Phi) is 5.51. The number of carbonyl (C=O) groups is 1. The summed E-state index contributed by atoms with van der Waals surface area (Å²) >= 11 is 5.95. The topological polar surface area (TPSA) is 39.7 Å². The second-order valence-electron chi connectivity index (χ2n) is 6.76. The van der Waals surface area contributed by atoms with E-state index in [0.29, 0.717) is 16.5 Å². The first-order chi connectivity index (χ1) is 11.1. The van der Waals surface area contributed by atoms with E-state index in [2.05, 4.69) is 21.8 Å². The van der Waals surface area contributed by atoms with Crippen LogP contribution in [0.15, 0.2) is 18.5 Å². The standard InChI is InChI=1S/C17H25ClN4O/c1-20-5-7-21(8-6-20)12-14-3-2-4-22(13-14)17(23)15-9-16(18)11-19-10-15/h9-11,14H,2-8,12-13H2,1H3/t14-/m1/s1. The number of amides is 1. The molecule has 1 aromatic rings. The molecule has 23 heavy (non-hydrogen) atoms. The summed E-state index contributed by atoms with van der Waals surface area (Å²) in [6.07, 6.45) is 5.46. The molecule has 2 saturated heterocycles. The third-order valence-corrected chi connectivity index (χ3v) is 5.08. The Morgan fingerprint density at radius 1 is 1.26 bits per heavy atom. The minimum Gasteiger partial charge on any atom is -0.338 e. The number of piperazine rings is 1. The first kappa shape index (κ1) is 16.7. The molecule has 5 nitrogen and oxygen atoms in total. The van der Waals surface area contributed by atoms with Crippen molar-refractivity contribution in [1.29, 1.82) is 0 Å². The molecule has 1 atom stereocenters. The Morgan fingerprint density at radius 3 is 2.78 bits per heavy atom. The van der Waals surface area contributed by atoms with Gasteiger partial charge in [-0.1, -0.05) is 11.6 Å². The van der Waals surface area contributed by atoms with Gasteiger partial charge in [-0.25, -0.2) is 0 Å². The lowest BCUT2D eigenvalue weighted by atomic mass is 9.96. The Bertz CT molecular complexity index is 545. The Balaban J connectivity index is 1.56. The molecule has 1 aromatic heterocycles. The van der Waals surface area contributed by atoms with E-state index in [4.69, 9.17) is 11.6 Å². The molecule has 0 saturated carbocycles. The fraction of sp³-hybridized carbons (Fsp3) is 0.647. The number of aromatic nitrogens is 1. The third-order valence-electron chi connectivity index (χ3n) is 4.87. The highest BCUT2D eigenvalue weighted by molar-refractivity contribution is 6.30. The van der Waals surface area contributed by atoms with Crippen molar-refractivity contribution in [3.63, 3.8) is 0 Å². The van der Waals surface area contributed by atoms with Crippen LogP contribution < -0.4 is 0 Å². The maximum Gasteiger partial charge on any atom is 0.255 e. The SMILES string of the molecule is CN1CCN(C[C@H]2CCCN(C(=O)c3cncc(Cl)c3)C2)CC1. The highest BCUT2D eigenvalue weighted by Gasteiger charge is 2.27. The fourth-order valence-corrected chi connectivity index (χ4v) is 3.68. The van der Waals surface area contributed by atoms with Crippen molar-refractivity contribution in [2.24, 2.45) is 5.92 Å². The van der Waals surface area contributed by atoms with Crippen LogP contribution in [0.1, 0.15) is 23.2 Å². The normalized spacial score (nSPS) is 23.9. The Labute approximate surface area is 143 Å². The Hall–Kier alpha value is -1.17. The summed E-state index contributed by atoms with van der Waals surface area (Å²) in [6.45, 7) is 7.35. The Morgan fingerprint density at radius 2 is 2.04 bits per heavy atom.